The summed E-state index contributed by atoms with van der Waals surface area (Å²) in [7, 11) is 1.36. The van der Waals surface area contributed by atoms with Gasteiger partial charge in [0.15, 0.2) is 5.75 Å². The van der Waals surface area contributed by atoms with E-state index in [4.69, 9.17) is 10.5 Å². The first-order chi connectivity index (χ1) is 10.5. The highest BCUT2D eigenvalue weighted by atomic mass is 16.6. The molecular weight excluding hydrogens is 286 g/mol. The van der Waals surface area contributed by atoms with Gasteiger partial charge < -0.3 is 15.4 Å². The third-order valence-corrected chi connectivity index (χ3v) is 4.13. The molecule has 120 valence electrons. The van der Waals surface area contributed by atoms with Gasteiger partial charge in [-0.3, -0.25) is 14.9 Å². The SMILES string of the molecule is COc1ccc(C(=O)N2CCC(C)CC2CN)cc1[N+](=O)[O-]. The minimum atomic E-state index is -0.547. The third kappa shape index (κ3) is 3.19. The molecule has 0 bridgehead atoms. The van der Waals surface area contributed by atoms with Crippen LogP contribution in [0.2, 0.25) is 0 Å². The number of nitrogens with two attached hydrogens (primary N) is 1. The molecule has 1 aliphatic heterocycles. The molecule has 1 fully saturated rings. The minimum absolute atomic E-state index is 0.0163. The monoisotopic (exact) mass is 307 g/mol. The molecule has 1 amide bonds. The van der Waals surface area contributed by atoms with Crippen molar-refractivity contribution < 1.29 is 14.5 Å². The Hall–Kier alpha value is -2.15. The molecule has 2 N–H and O–H groups in total. The number of amides is 1. The van der Waals surface area contributed by atoms with Crippen molar-refractivity contribution in [2.75, 3.05) is 20.2 Å². The van der Waals surface area contributed by atoms with Crippen LogP contribution < -0.4 is 10.5 Å². The third-order valence-electron chi connectivity index (χ3n) is 4.13. The van der Waals surface area contributed by atoms with Crippen LogP contribution in [-0.2, 0) is 0 Å². The Morgan fingerprint density at radius 1 is 1.55 bits per heavy atom. The molecule has 1 saturated heterocycles. The van der Waals surface area contributed by atoms with Crippen LogP contribution in [0.25, 0.3) is 0 Å². The first kappa shape index (κ1) is 16.2. The number of nitro groups is 1. The summed E-state index contributed by atoms with van der Waals surface area (Å²) in [6.07, 6.45) is 1.78. The van der Waals surface area contributed by atoms with Gasteiger partial charge in [-0.2, -0.15) is 0 Å². The number of rotatable bonds is 4. The number of piperidine rings is 1. The Kier molecular flexibility index (Phi) is 4.97. The van der Waals surface area contributed by atoms with E-state index < -0.39 is 4.92 Å². The van der Waals surface area contributed by atoms with Crippen LogP contribution in [0.15, 0.2) is 18.2 Å². The maximum absolute atomic E-state index is 12.7. The van der Waals surface area contributed by atoms with Gasteiger partial charge in [0.25, 0.3) is 5.91 Å². The van der Waals surface area contributed by atoms with Crippen molar-refractivity contribution in [3.05, 3.63) is 33.9 Å². The molecule has 0 aromatic heterocycles. The van der Waals surface area contributed by atoms with E-state index in [9.17, 15) is 14.9 Å². The topological polar surface area (TPSA) is 98.7 Å². The fraction of sp³-hybridized carbons (Fsp3) is 0.533. The maximum atomic E-state index is 12.7. The normalized spacial score (nSPS) is 21.5. The van der Waals surface area contributed by atoms with Gasteiger partial charge in [-0.15, -0.1) is 0 Å². The van der Waals surface area contributed by atoms with E-state index in [0.717, 1.165) is 12.8 Å². The van der Waals surface area contributed by atoms with E-state index in [2.05, 4.69) is 6.92 Å². The van der Waals surface area contributed by atoms with E-state index in [0.29, 0.717) is 24.6 Å². The number of likely N-dealkylation sites (tertiary alicyclic amines) is 1. The number of carbonyl (C=O) groups is 1. The lowest BCUT2D eigenvalue weighted by molar-refractivity contribution is -0.385. The Bertz CT molecular complexity index is 576. The average Bonchev–Trinajstić information content (AvgIpc) is 2.53. The second-order valence-electron chi connectivity index (χ2n) is 5.66. The summed E-state index contributed by atoms with van der Waals surface area (Å²) < 4.78 is 4.96. The number of carbonyl (C=O) groups excluding carboxylic acids is 1. The van der Waals surface area contributed by atoms with E-state index in [1.165, 1.54) is 19.2 Å². The molecule has 0 aliphatic carbocycles. The van der Waals surface area contributed by atoms with Gasteiger partial charge in [0.2, 0.25) is 0 Å². The second kappa shape index (κ2) is 6.74. The quantitative estimate of drug-likeness (QED) is 0.675. The standard InChI is InChI=1S/C15H21N3O4/c1-10-5-6-17(12(7-10)9-16)15(19)11-3-4-14(22-2)13(8-11)18(20)21/h3-4,8,10,12H,5-7,9,16H2,1-2H3. The van der Waals surface area contributed by atoms with Crippen LogP contribution in [0.4, 0.5) is 5.69 Å². The van der Waals surface area contributed by atoms with Crippen molar-refractivity contribution in [2.24, 2.45) is 11.7 Å². The van der Waals surface area contributed by atoms with Crippen molar-refractivity contribution in [2.45, 2.75) is 25.8 Å². The molecule has 7 nitrogen and oxygen atoms in total. The largest absolute Gasteiger partial charge is 0.490 e. The van der Waals surface area contributed by atoms with E-state index in [1.54, 1.807) is 11.0 Å². The van der Waals surface area contributed by atoms with Crippen LogP contribution in [0.3, 0.4) is 0 Å². The van der Waals surface area contributed by atoms with E-state index >= 15 is 0 Å². The van der Waals surface area contributed by atoms with Gasteiger partial charge in [0.05, 0.1) is 12.0 Å². The molecule has 0 spiro atoms. The van der Waals surface area contributed by atoms with Crippen LogP contribution in [0.5, 0.6) is 5.75 Å². The van der Waals surface area contributed by atoms with Crippen LogP contribution in [0.1, 0.15) is 30.1 Å². The Morgan fingerprint density at radius 3 is 2.86 bits per heavy atom. The zero-order chi connectivity index (χ0) is 16.3. The number of ether oxygens (including phenoxy) is 1. The van der Waals surface area contributed by atoms with Crippen LogP contribution in [-0.4, -0.2) is 42.0 Å². The van der Waals surface area contributed by atoms with Gasteiger partial charge in [0, 0.05) is 30.8 Å². The summed E-state index contributed by atoms with van der Waals surface area (Å²) >= 11 is 0. The van der Waals surface area contributed by atoms with Crippen LogP contribution >= 0.6 is 0 Å². The summed E-state index contributed by atoms with van der Waals surface area (Å²) in [5.74, 6) is 0.458. The molecule has 0 saturated carbocycles. The number of nitrogens with zero attached hydrogens (tertiary/aromatic N) is 2. The molecule has 0 radical (unpaired) electrons. The number of nitro benzene ring substituents is 1. The first-order valence-corrected chi connectivity index (χ1v) is 7.31. The predicted octanol–water partition coefficient (Wildman–Crippen LogP) is 1.80. The Labute approximate surface area is 129 Å². The lowest BCUT2D eigenvalue weighted by Crippen LogP contribution is -2.49. The van der Waals surface area contributed by atoms with Gasteiger partial charge in [-0.1, -0.05) is 6.92 Å². The summed E-state index contributed by atoms with van der Waals surface area (Å²) in [6, 6.07) is 4.26. The maximum Gasteiger partial charge on any atom is 0.311 e. The smallest absolute Gasteiger partial charge is 0.311 e. The number of benzene rings is 1. The van der Waals surface area contributed by atoms with Gasteiger partial charge in [0.1, 0.15) is 0 Å². The van der Waals surface area contributed by atoms with Gasteiger partial charge >= 0.3 is 5.69 Å². The molecule has 7 heteroatoms. The summed E-state index contributed by atoms with van der Waals surface area (Å²) in [5, 5.41) is 11.1. The molecule has 1 aromatic carbocycles. The van der Waals surface area contributed by atoms with E-state index in [-0.39, 0.29) is 23.4 Å². The molecule has 2 atom stereocenters. The first-order valence-electron chi connectivity index (χ1n) is 7.31. The predicted molar refractivity (Wildman–Crippen MR) is 81.9 cm³/mol. The lowest BCUT2D eigenvalue weighted by Gasteiger charge is -2.38. The zero-order valence-corrected chi connectivity index (χ0v) is 12.8. The number of hydrogen-bond acceptors (Lipinski definition) is 5. The molecule has 1 aromatic rings. The molecular formula is C15H21N3O4. The van der Waals surface area contributed by atoms with E-state index in [1.807, 2.05) is 0 Å². The highest BCUT2D eigenvalue weighted by molar-refractivity contribution is 5.95. The summed E-state index contributed by atoms with van der Waals surface area (Å²) in [5.41, 5.74) is 5.86. The van der Waals surface area contributed by atoms with Crippen molar-refractivity contribution in [1.82, 2.24) is 4.90 Å². The van der Waals surface area contributed by atoms with Gasteiger partial charge in [-0.25, -0.2) is 0 Å². The Balaban J connectivity index is 2.29. The highest BCUT2D eigenvalue weighted by Crippen LogP contribution is 2.29. The second-order valence-corrected chi connectivity index (χ2v) is 5.66. The summed E-state index contributed by atoms with van der Waals surface area (Å²) in [6.45, 7) is 3.17. The Morgan fingerprint density at radius 2 is 2.27 bits per heavy atom. The lowest BCUT2D eigenvalue weighted by atomic mass is 9.92. The zero-order valence-electron chi connectivity index (χ0n) is 12.8. The molecule has 22 heavy (non-hydrogen) atoms. The summed E-state index contributed by atoms with van der Waals surface area (Å²) in [4.78, 5) is 24.9. The minimum Gasteiger partial charge on any atom is -0.490 e. The average molecular weight is 307 g/mol. The fourth-order valence-corrected chi connectivity index (χ4v) is 2.87. The molecule has 2 rings (SSSR count). The molecule has 2 unspecified atom stereocenters. The van der Waals surface area contributed by atoms with Crippen molar-refractivity contribution in [3.8, 4) is 5.75 Å². The van der Waals surface area contributed by atoms with Crippen molar-refractivity contribution >= 4 is 11.6 Å². The molecule has 1 aliphatic rings. The number of hydrogen-bond donors (Lipinski definition) is 1. The van der Waals surface area contributed by atoms with Crippen molar-refractivity contribution in [3.63, 3.8) is 0 Å². The highest BCUT2D eigenvalue weighted by Gasteiger charge is 2.30. The molecule has 1 heterocycles. The van der Waals surface area contributed by atoms with Crippen molar-refractivity contribution in [1.29, 1.82) is 0 Å². The van der Waals surface area contributed by atoms with Crippen LogP contribution in [0, 0.1) is 16.0 Å². The fourth-order valence-electron chi connectivity index (χ4n) is 2.87. The van der Waals surface area contributed by atoms with Gasteiger partial charge in [-0.05, 0) is 30.9 Å². The number of methoxy groups -OCH3 is 1.